The fraction of sp³-hybridized carbons (Fsp3) is 0.533. The van der Waals surface area contributed by atoms with Crippen molar-refractivity contribution >= 4 is 5.91 Å². The number of amides is 1. The Balaban J connectivity index is 2.18. The molecule has 1 amide bonds. The number of nitrogens with one attached hydrogen (secondary N) is 2. The Kier molecular flexibility index (Phi) is 3.54. The number of hydrogen-bond donors (Lipinski definition) is 2. The van der Waals surface area contributed by atoms with Crippen molar-refractivity contribution in [1.29, 1.82) is 0 Å². The minimum absolute atomic E-state index is 0.127. The Bertz CT molecular complexity index is 504. The molecule has 0 spiro atoms. The second-order valence-corrected chi connectivity index (χ2v) is 6.19. The molecule has 1 aliphatic rings. The van der Waals surface area contributed by atoms with Gasteiger partial charge in [0.2, 0.25) is 0 Å². The molecule has 4 nitrogen and oxygen atoms in total. The molecule has 0 aliphatic carbocycles. The van der Waals surface area contributed by atoms with Crippen molar-refractivity contribution in [3.63, 3.8) is 0 Å². The highest BCUT2D eigenvalue weighted by molar-refractivity contribution is 5.96. The molecule has 1 aromatic rings. The summed E-state index contributed by atoms with van der Waals surface area (Å²) in [7, 11) is 0. The summed E-state index contributed by atoms with van der Waals surface area (Å²) in [6, 6.07) is 3.85. The van der Waals surface area contributed by atoms with E-state index in [9.17, 15) is 4.79 Å². The molecule has 4 heteroatoms. The first-order valence-corrected chi connectivity index (χ1v) is 6.64. The Morgan fingerprint density at radius 3 is 2.68 bits per heavy atom. The van der Waals surface area contributed by atoms with Crippen LogP contribution in [0.15, 0.2) is 12.1 Å². The average Bonchev–Trinajstić information content (AvgIpc) is 2.67. The lowest BCUT2D eigenvalue weighted by Crippen LogP contribution is -2.48. The van der Waals surface area contributed by atoms with Crippen LogP contribution in [0.25, 0.3) is 0 Å². The van der Waals surface area contributed by atoms with Crippen molar-refractivity contribution in [2.75, 3.05) is 0 Å². The van der Waals surface area contributed by atoms with Gasteiger partial charge in [0, 0.05) is 23.1 Å². The van der Waals surface area contributed by atoms with Crippen LogP contribution in [0.3, 0.4) is 0 Å². The molecule has 1 aromatic carbocycles. The van der Waals surface area contributed by atoms with E-state index >= 15 is 0 Å². The second-order valence-electron chi connectivity index (χ2n) is 6.19. The molecule has 1 unspecified atom stereocenters. The Hall–Kier alpha value is -1.55. The van der Waals surface area contributed by atoms with E-state index in [4.69, 9.17) is 4.74 Å². The average molecular weight is 262 g/mol. The van der Waals surface area contributed by atoms with E-state index in [1.807, 2.05) is 46.8 Å². The molecule has 19 heavy (non-hydrogen) atoms. The number of benzene rings is 1. The van der Waals surface area contributed by atoms with Gasteiger partial charge in [0.25, 0.3) is 5.91 Å². The third kappa shape index (κ3) is 3.07. The predicted molar refractivity (Wildman–Crippen MR) is 75.3 cm³/mol. The summed E-state index contributed by atoms with van der Waals surface area (Å²) >= 11 is 0. The van der Waals surface area contributed by atoms with E-state index in [1.54, 1.807) is 0 Å². The quantitative estimate of drug-likeness (QED) is 0.804. The number of fused-ring (bicyclic) bond motifs is 1. The summed E-state index contributed by atoms with van der Waals surface area (Å²) in [6.45, 7) is 9.96. The van der Waals surface area contributed by atoms with Crippen molar-refractivity contribution < 1.29 is 9.53 Å². The maximum Gasteiger partial charge on any atom is 0.265 e. The molecule has 0 fully saturated rings. The van der Waals surface area contributed by atoms with Crippen LogP contribution in [0.4, 0.5) is 0 Å². The van der Waals surface area contributed by atoms with Crippen molar-refractivity contribution in [3.05, 3.63) is 28.8 Å². The minimum atomic E-state index is -0.161. The van der Waals surface area contributed by atoms with Crippen LogP contribution in [-0.2, 0) is 6.42 Å². The number of carbonyl (C=O) groups is 1. The van der Waals surface area contributed by atoms with Gasteiger partial charge in [0.15, 0.2) is 0 Å². The molecule has 2 rings (SSSR count). The Labute approximate surface area is 114 Å². The van der Waals surface area contributed by atoms with Gasteiger partial charge >= 0.3 is 0 Å². The van der Waals surface area contributed by atoms with Crippen LogP contribution in [0.1, 0.15) is 49.2 Å². The molecular formula is C15H22N2O2. The highest BCUT2D eigenvalue weighted by Crippen LogP contribution is 2.33. The highest BCUT2D eigenvalue weighted by Gasteiger charge is 2.24. The minimum Gasteiger partial charge on any atom is -0.490 e. The van der Waals surface area contributed by atoms with Gasteiger partial charge in [-0.3, -0.25) is 10.2 Å². The highest BCUT2D eigenvalue weighted by atomic mass is 16.5. The van der Waals surface area contributed by atoms with Crippen molar-refractivity contribution in [3.8, 4) is 5.75 Å². The third-order valence-corrected chi connectivity index (χ3v) is 3.11. The molecule has 2 N–H and O–H groups in total. The first kappa shape index (κ1) is 13.9. The zero-order valence-electron chi connectivity index (χ0n) is 12.3. The van der Waals surface area contributed by atoms with Crippen LogP contribution in [0, 0.1) is 6.92 Å². The largest absolute Gasteiger partial charge is 0.490 e. The summed E-state index contributed by atoms with van der Waals surface area (Å²) < 4.78 is 5.77. The Morgan fingerprint density at radius 2 is 2.05 bits per heavy atom. The van der Waals surface area contributed by atoms with E-state index in [-0.39, 0.29) is 17.6 Å². The van der Waals surface area contributed by atoms with Gasteiger partial charge in [-0.25, -0.2) is 5.43 Å². The smallest absolute Gasteiger partial charge is 0.265 e. The zero-order chi connectivity index (χ0) is 14.2. The molecule has 1 heterocycles. The van der Waals surface area contributed by atoms with Crippen molar-refractivity contribution in [1.82, 2.24) is 10.9 Å². The Morgan fingerprint density at radius 1 is 1.37 bits per heavy atom. The van der Waals surface area contributed by atoms with Gasteiger partial charge in [-0.1, -0.05) is 6.07 Å². The summed E-state index contributed by atoms with van der Waals surface area (Å²) in [5, 5.41) is 0. The number of rotatable bonds is 2. The zero-order valence-corrected chi connectivity index (χ0v) is 12.3. The van der Waals surface area contributed by atoms with Gasteiger partial charge in [-0.2, -0.15) is 0 Å². The third-order valence-electron chi connectivity index (χ3n) is 3.11. The predicted octanol–water partition coefficient (Wildman–Crippen LogP) is 2.35. The van der Waals surface area contributed by atoms with Gasteiger partial charge in [-0.15, -0.1) is 0 Å². The van der Waals surface area contributed by atoms with Gasteiger partial charge in [-0.05, 0) is 46.2 Å². The molecule has 104 valence electrons. The number of hydrazine groups is 1. The van der Waals surface area contributed by atoms with Crippen LogP contribution < -0.4 is 15.6 Å². The molecule has 0 bridgehead atoms. The molecule has 1 aliphatic heterocycles. The molecule has 0 aromatic heterocycles. The lowest BCUT2D eigenvalue weighted by Gasteiger charge is -2.21. The normalized spacial score (nSPS) is 17.8. The van der Waals surface area contributed by atoms with Crippen LogP contribution in [-0.4, -0.2) is 17.6 Å². The van der Waals surface area contributed by atoms with Gasteiger partial charge < -0.3 is 4.74 Å². The lowest BCUT2D eigenvalue weighted by atomic mass is 10.0. The summed E-state index contributed by atoms with van der Waals surface area (Å²) in [6.07, 6.45) is 1.11. The summed E-state index contributed by atoms with van der Waals surface area (Å²) in [4.78, 5) is 12.2. The van der Waals surface area contributed by atoms with E-state index in [1.165, 1.54) is 5.56 Å². The number of hydrogen-bond acceptors (Lipinski definition) is 3. The number of carbonyl (C=O) groups excluding carboxylic acids is 1. The maximum atomic E-state index is 12.2. The lowest BCUT2D eigenvalue weighted by molar-refractivity contribution is 0.0913. The maximum absolute atomic E-state index is 12.2. The fourth-order valence-electron chi connectivity index (χ4n) is 2.18. The second kappa shape index (κ2) is 4.85. The summed E-state index contributed by atoms with van der Waals surface area (Å²) in [5.41, 5.74) is 8.31. The van der Waals surface area contributed by atoms with E-state index in [0.717, 1.165) is 17.7 Å². The van der Waals surface area contributed by atoms with Crippen LogP contribution >= 0.6 is 0 Å². The van der Waals surface area contributed by atoms with E-state index in [0.29, 0.717) is 5.56 Å². The monoisotopic (exact) mass is 262 g/mol. The fourth-order valence-corrected chi connectivity index (χ4v) is 2.18. The van der Waals surface area contributed by atoms with Crippen molar-refractivity contribution in [2.45, 2.75) is 52.7 Å². The van der Waals surface area contributed by atoms with E-state index in [2.05, 4.69) is 10.9 Å². The molecule has 0 radical (unpaired) electrons. The van der Waals surface area contributed by atoms with Crippen LogP contribution in [0.5, 0.6) is 5.75 Å². The molecule has 0 saturated carbocycles. The van der Waals surface area contributed by atoms with Gasteiger partial charge in [0.1, 0.15) is 11.9 Å². The molecular weight excluding hydrogens is 240 g/mol. The number of ether oxygens (including phenoxy) is 1. The summed E-state index contributed by atoms with van der Waals surface area (Å²) in [5.74, 6) is 0.745. The SMILES string of the molecule is Cc1c(C(=O)NNC(C)(C)C)ccc2c1OC(C)C2. The van der Waals surface area contributed by atoms with Crippen LogP contribution in [0.2, 0.25) is 0 Å². The first-order valence-electron chi connectivity index (χ1n) is 6.64. The standard InChI is InChI=1S/C15H22N2O2/c1-9-8-11-6-7-12(10(2)13(11)19-9)14(18)16-17-15(3,4)5/h6-7,9,17H,8H2,1-5H3,(H,16,18). The van der Waals surface area contributed by atoms with E-state index < -0.39 is 0 Å². The first-order chi connectivity index (χ1) is 8.78. The topological polar surface area (TPSA) is 50.4 Å². The molecule has 1 atom stereocenters. The van der Waals surface area contributed by atoms with Gasteiger partial charge in [0.05, 0.1) is 0 Å². The van der Waals surface area contributed by atoms with Crippen molar-refractivity contribution in [2.24, 2.45) is 0 Å². The molecule has 0 saturated heterocycles.